The summed E-state index contributed by atoms with van der Waals surface area (Å²) in [6.45, 7) is 1.99. The Bertz CT molecular complexity index is 352. The van der Waals surface area contributed by atoms with Crippen LogP contribution in [0.25, 0.3) is 0 Å². The summed E-state index contributed by atoms with van der Waals surface area (Å²) < 4.78 is 4.70. The third-order valence-corrected chi connectivity index (χ3v) is 2.57. The SMILES string of the molecule is CCOC(=O)[C@H](O)CCc1ccccc1Cl. The monoisotopic (exact) mass is 242 g/mol. The standard InChI is InChI=1S/C12H15ClO3/c1-2-16-12(15)11(14)8-7-9-5-3-4-6-10(9)13/h3-6,11,14H,2,7-8H2,1H3/t11-/m1/s1. The topological polar surface area (TPSA) is 46.5 Å². The molecule has 0 bridgehead atoms. The van der Waals surface area contributed by atoms with Gasteiger partial charge in [0.05, 0.1) is 6.61 Å². The van der Waals surface area contributed by atoms with E-state index >= 15 is 0 Å². The number of ether oxygens (including phenoxy) is 1. The van der Waals surface area contributed by atoms with Crippen molar-refractivity contribution in [2.45, 2.75) is 25.9 Å². The molecule has 4 heteroatoms. The van der Waals surface area contributed by atoms with Gasteiger partial charge in [-0.1, -0.05) is 29.8 Å². The molecule has 1 rings (SSSR count). The van der Waals surface area contributed by atoms with Crippen LogP contribution in [0.15, 0.2) is 24.3 Å². The zero-order valence-corrected chi connectivity index (χ0v) is 9.91. The van der Waals surface area contributed by atoms with Crippen molar-refractivity contribution in [2.75, 3.05) is 6.61 Å². The minimum Gasteiger partial charge on any atom is -0.464 e. The van der Waals surface area contributed by atoms with Gasteiger partial charge in [0.1, 0.15) is 0 Å². The molecule has 0 amide bonds. The molecule has 3 nitrogen and oxygen atoms in total. The van der Waals surface area contributed by atoms with Gasteiger partial charge in [-0.25, -0.2) is 4.79 Å². The third kappa shape index (κ3) is 3.83. The molecule has 1 aromatic rings. The summed E-state index contributed by atoms with van der Waals surface area (Å²) in [5, 5.41) is 10.1. The second-order valence-corrected chi connectivity index (χ2v) is 3.81. The summed E-state index contributed by atoms with van der Waals surface area (Å²) in [7, 11) is 0. The van der Waals surface area contributed by atoms with Crippen LogP contribution in [0.1, 0.15) is 18.9 Å². The number of rotatable bonds is 5. The number of benzene rings is 1. The second-order valence-electron chi connectivity index (χ2n) is 3.40. The quantitative estimate of drug-likeness (QED) is 0.806. The molecule has 88 valence electrons. The molecule has 16 heavy (non-hydrogen) atoms. The summed E-state index contributed by atoms with van der Waals surface area (Å²) >= 11 is 5.95. The Balaban J connectivity index is 2.46. The zero-order valence-electron chi connectivity index (χ0n) is 9.15. The molecular formula is C12H15ClO3. The van der Waals surface area contributed by atoms with Gasteiger partial charge in [-0.3, -0.25) is 0 Å². The van der Waals surface area contributed by atoms with E-state index in [9.17, 15) is 9.90 Å². The van der Waals surface area contributed by atoms with Crippen LogP contribution in [-0.4, -0.2) is 23.8 Å². The van der Waals surface area contributed by atoms with Crippen LogP contribution >= 0.6 is 11.6 Å². The highest BCUT2D eigenvalue weighted by Crippen LogP contribution is 2.17. The number of aryl methyl sites for hydroxylation is 1. The Hall–Kier alpha value is -1.06. The van der Waals surface area contributed by atoms with Gasteiger partial charge in [0, 0.05) is 5.02 Å². The summed E-state index contributed by atoms with van der Waals surface area (Å²) in [4.78, 5) is 11.1. The van der Waals surface area contributed by atoms with Gasteiger partial charge in [0.25, 0.3) is 0 Å². The van der Waals surface area contributed by atoms with Gasteiger partial charge in [0.15, 0.2) is 6.10 Å². The summed E-state index contributed by atoms with van der Waals surface area (Å²) in [6.07, 6.45) is -0.196. The lowest BCUT2D eigenvalue weighted by molar-refractivity contribution is -0.153. The first-order valence-corrected chi connectivity index (χ1v) is 5.61. The van der Waals surface area contributed by atoms with E-state index in [1.165, 1.54) is 0 Å². The smallest absolute Gasteiger partial charge is 0.334 e. The molecular weight excluding hydrogens is 228 g/mol. The number of carbonyl (C=O) groups excluding carboxylic acids is 1. The fourth-order valence-corrected chi connectivity index (χ4v) is 1.58. The first kappa shape index (κ1) is 13.0. The lowest BCUT2D eigenvalue weighted by atomic mass is 10.1. The van der Waals surface area contributed by atoms with Crippen molar-refractivity contribution in [3.05, 3.63) is 34.9 Å². The van der Waals surface area contributed by atoms with E-state index in [0.29, 0.717) is 17.9 Å². The maximum Gasteiger partial charge on any atom is 0.334 e. The van der Waals surface area contributed by atoms with Crippen LogP contribution < -0.4 is 0 Å². The average molecular weight is 243 g/mol. The van der Waals surface area contributed by atoms with E-state index in [-0.39, 0.29) is 6.61 Å². The Kier molecular flexibility index (Phi) is 5.29. The molecule has 1 N–H and O–H groups in total. The van der Waals surface area contributed by atoms with E-state index in [0.717, 1.165) is 5.56 Å². The third-order valence-electron chi connectivity index (χ3n) is 2.20. The van der Waals surface area contributed by atoms with Crippen molar-refractivity contribution >= 4 is 17.6 Å². The fourth-order valence-electron chi connectivity index (χ4n) is 1.35. The molecule has 1 atom stereocenters. The molecule has 0 fully saturated rings. The van der Waals surface area contributed by atoms with Gasteiger partial charge >= 0.3 is 5.97 Å². The van der Waals surface area contributed by atoms with E-state index in [1.807, 2.05) is 18.2 Å². The summed E-state index contributed by atoms with van der Waals surface area (Å²) in [5.74, 6) is -0.574. The van der Waals surface area contributed by atoms with Crippen LogP contribution in [0.3, 0.4) is 0 Å². The number of aliphatic hydroxyl groups is 1. The van der Waals surface area contributed by atoms with Crippen molar-refractivity contribution in [1.82, 2.24) is 0 Å². The lowest BCUT2D eigenvalue weighted by Gasteiger charge is -2.09. The van der Waals surface area contributed by atoms with Gasteiger partial charge in [0.2, 0.25) is 0 Å². The fraction of sp³-hybridized carbons (Fsp3) is 0.417. The number of hydrogen-bond acceptors (Lipinski definition) is 3. The first-order chi connectivity index (χ1) is 7.65. The highest BCUT2D eigenvalue weighted by atomic mass is 35.5. The highest BCUT2D eigenvalue weighted by molar-refractivity contribution is 6.31. The van der Waals surface area contributed by atoms with Crippen molar-refractivity contribution in [3.63, 3.8) is 0 Å². The maximum absolute atomic E-state index is 11.1. The normalized spacial score (nSPS) is 12.2. The summed E-state index contributed by atoms with van der Waals surface area (Å²) in [5.41, 5.74) is 0.924. The van der Waals surface area contributed by atoms with Crippen LogP contribution in [-0.2, 0) is 16.0 Å². The van der Waals surface area contributed by atoms with E-state index in [4.69, 9.17) is 16.3 Å². The Morgan fingerprint density at radius 1 is 1.50 bits per heavy atom. The predicted octanol–water partition coefficient (Wildman–Crippen LogP) is 2.20. The largest absolute Gasteiger partial charge is 0.464 e. The van der Waals surface area contributed by atoms with Gasteiger partial charge in [-0.2, -0.15) is 0 Å². The molecule has 0 saturated carbocycles. The van der Waals surface area contributed by atoms with Gasteiger partial charge in [-0.05, 0) is 31.4 Å². The van der Waals surface area contributed by atoms with Gasteiger partial charge in [-0.15, -0.1) is 0 Å². The maximum atomic E-state index is 11.1. The molecule has 0 radical (unpaired) electrons. The molecule has 0 aliphatic rings. The molecule has 0 saturated heterocycles. The highest BCUT2D eigenvalue weighted by Gasteiger charge is 2.16. The second kappa shape index (κ2) is 6.51. The number of esters is 1. The van der Waals surface area contributed by atoms with Crippen molar-refractivity contribution < 1.29 is 14.6 Å². The first-order valence-electron chi connectivity index (χ1n) is 5.23. The minimum atomic E-state index is -1.07. The minimum absolute atomic E-state index is 0.280. The molecule has 0 aliphatic carbocycles. The van der Waals surface area contributed by atoms with E-state index in [2.05, 4.69) is 0 Å². The Labute approximate surface area is 100.0 Å². The van der Waals surface area contributed by atoms with E-state index in [1.54, 1.807) is 13.0 Å². The average Bonchev–Trinajstić information content (AvgIpc) is 2.28. The number of halogens is 1. The number of aliphatic hydroxyl groups excluding tert-OH is 1. The molecule has 0 aromatic heterocycles. The molecule has 1 aromatic carbocycles. The van der Waals surface area contributed by atoms with Gasteiger partial charge < -0.3 is 9.84 Å². The zero-order chi connectivity index (χ0) is 12.0. The summed E-state index contributed by atoms with van der Waals surface area (Å²) in [6, 6.07) is 7.37. The van der Waals surface area contributed by atoms with Crippen molar-refractivity contribution in [2.24, 2.45) is 0 Å². The van der Waals surface area contributed by atoms with Crippen molar-refractivity contribution in [1.29, 1.82) is 0 Å². The van der Waals surface area contributed by atoms with Crippen LogP contribution in [0.2, 0.25) is 5.02 Å². The van der Waals surface area contributed by atoms with Crippen LogP contribution in [0.5, 0.6) is 0 Å². The molecule has 0 aliphatic heterocycles. The molecule has 0 unspecified atom stereocenters. The Morgan fingerprint density at radius 2 is 2.19 bits per heavy atom. The van der Waals surface area contributed by atoms with Crippen LogP contribution in [0, 0.1) is 0 Å². The van der Waals surface area contributed by atoms with Crippen LogP contribution in [0.4, 0.5) is 0 Å². The predicted molar refractivity (Wildman–Crippen MR) is 62.4 cm³/mol. The number of hydrogen-bond donors (Lipinski definition) is 1. The number of carbonyl (C=O) groups is 1. The van der Waals surface area contributed by atoms with Crippen molar-refractivity contribution in [3.8, 4) is 0 Å². The molecule has 0 spiro atoms. The Morgan fingerprint density at radius 3 is 2.81 bits per heavy atom. The molecule has 0 heterocycles. The van der Waals surface area contributed by atoms with E-state index < -0.39 is 12.1 Å². The lowest BCUT2D eigenvalue weighted by Crippen LogP contribution is -2.23.